The lowest BCUT2D eigenvalue weighted by Gasteiger charge is -2.26. The predicted molar refractivity (Wildman–Crippen MR) is 80.1 cm³/mol. The van der Waals surface area contributed by atoms with Gasteiger partial charge in [0, 0.05) is 37.7 Å². The molecule has 0 unspecified atom stereocenters. The van der Waals surface area contributed by atoms with Crippen molar-refractivity contribution < 1.29 is 19.1 Å². The van der Waals surface area contributed by atoms with Gasteiger partial charge in [-0.05, 0) is 6.92 Å². The zero-order chi connectivity index (χ0) is 15.8. The van der Waals surface area contributed by atoms with E-state index in [1.54, 1.807) is 6.92 Å². The average Bonchev–Trinajstić information content (AvgIpc) is 2.97. The molecule has 2 amide bonds. The van der Waals surface area contributed by atoms with E-state index < -0.39 is 12.0 Å². The minimum Gasteiger partial charge on any atom is -0.461 e. The van der Waals surface area contributed by atoms with Crippen molar-refractivity contribution in [3.8, 4) is 0 Å². The van der Waals surface area contributed by atoms with Gasteiger partial charge in [-0.3, -0.25) is 10.2 Å². The normalized spacial score (nSPS) is 15.3. The largest absolute Gasteiger partial charge is 0.461 e. The number of morpholine rings is 1. The molecule has 22 heavy (non-hydrogen) atoms. The highest BCUT2D eigenvalue weighted by molar-refractivity contribution is 7.10. The molecule has 0 radical (unpaired) electrons. The molecule has 0 spiro atoms. The second-order valence-electron chi connectivity index (χ2n) is 4.51. The minimum atomic E-state index is -0.597. The van der Waals surface area contributed by atoms with E-state index in [2.05, 4.69) is 25.1 Å². The number of nitrogens with one attached hydrogen (secondary N) is 2. The molecular formula is C12H19N5O4S. The summed E-state index contributed by atoms with van der Waals surface area (Å²) in [6.45, 7) is 6.38. The molecule has 2 rings (SSSR count). The molecule has 1 aliphatic heterocycles. The number of hydrogen-bond acceptors (Lipinski definition) is 8. The summed E-state index contributed by atoms with van der Waals surface area (Å²) in [6, 6.07) is -0.398. The summed E-state index contributed by atoms with van der Waals surface area (Å²) in [6.07, 6.45) is 0. The number of anilines is 1. The molecule has 10 heteroatoms. The van der Waals surface area contributed by atoms with Crippen LogP contribution in [0.2, 0.25) is 0 Å². The van der Waals surface area contributed by atoms with Gasteiger partial charge >= 0.3 is 12.0 Å². The van der Waals surface area contributed by atoms with Crippen LogP contribution in [0, 0.1) is 0 Å². The second-order valence-corrected chi connectivity index (χ2v) is 5.26. The Labute approximate surface area is 132 Å². The minimum absolute atomic E-state index is 0.0233. The summed E-state index contributed by atoms with van der Waals surface area (Å²) in [5.74, 6) is -0.597. The second kappa shape index (κ2) is 8.61. The summed E-state index contributed by atoms with van der Waals surface area (Å²) in [7, 11) is 0. The Morgan fingerprint density at radius 1 is 1.41 bits per heavy atom. The van der Waals surface area contributed by atoms with Crippen LogP contribution in [0.3, 0.4) is 0 Å². The number of amides is 2. The molecular weight excluding hydrogens is 310 g/mol. The van der Waals surface area contributed by atoms with Crippen molar-refractivity contribution in [2.75, 3.05) is 51.3 Å². The Morgan fingerprint density at radius 2 is 2.18 bits per heavy atom. The van der Waals surface area contributed by atoms with Gasteiger partial charge in [0.1, 0.15) is 0 Å². The highest BCUT2D eigenvalue weighted by atomic mass is 32.1. The number of ether oxygens (including phenoxy) is 2. The quantitative estimate of drug-likeness (QED) is 0.717. The standard InChI is InChI=1S/C12H19N5O4S/c1-2-21-11(18)9-10(22-16-15-9)14-12(19)13-3-4-17-5-7-20-8-6-17/h2-8H2,1H3,(H2,13,14,19). The maximum absolute atomic E-state index is 11.8. The third-order valence-electron chi connectivity index (χ3n) is 3.00. The summed E-state index contributed by atoms with van der Waals surface area (Å²) in [4.78, 5) is 25.6. The van der Waals surface area contributed by atoms with Crippen molar-refractivity contribution in [3.63, 3.8) is 0 Å². The van der Waals surface area contributed by atoms with Crippen LogP contribution < -0.4 is 10.6 Å². The summed E-state index contributed by atoms with van der Waals surface area (Å²) >= 11 is 0.933. The smallest absolute Gasteiger partial charge is 0.362 e. The molecule has 0 aliphatic carbocycles. The van der Waals surface area contributed by atoms with Crippen LogP contribution in [0.1, 0.15) is 17.4 Å². The lowest BCUT2D eigenvalue weighted by Crippen LogP contribution is -2.42. The van der Waals surface area contributed by atoms with E-state index in [-0.39, 0.29) is 17.3 Å². The molecule has 1 fully saturated rings. The van der Waals surface area contributed by atoms with Crippen molar-refractivity contribution in [2.24, 2.45) is 0 Å². The number of aromatic nitrogens is 2. The van der Waals surface area contributed by atoms with E-state index in [4.69, 9.17) is 9.47 Å². The van der Waals surface area contributed by atoms with Crippen LogP contribution in [-0.2, 0) is 9.47 Å². The number of hydrogen-bond donors (Lipinski definition) is 2. The van der Waals surface area contributed by atoms with E-state index >= 15 is 0 Å². The maximum atomic E-state index is 11.8. The number of carbonyl (C=O) groups is 2. The molecule has 0 atom stereocenters. The maximum Gasteiger partial charge on any atom is 0.362 e. The fourth-order valence-electron chi connectivity index (χ4n) is 1.91. The lowest BCUT2D eigenvalue weighted by atomic mass is 10.4. The first-order valence-corrected chi connectivity index (χ1v) is 7.82. The van der Waals surface area contributed by atoms with Gasteiger partial charge < -0.3 is 14.8 Å². The van der Waals surface area contributed by atoms with Gasteiger partial charge in [-0.25, -0.2) is 9.59 Å². The highest BCUT2D eigenvalue weighted by Crippen LogP contribution is 2.18. The molecule has 0 bridgehead atoms. The molecule has 9 nitrogen and oxygen atoms in total. The number of urea groups is 1. The molecule has 2 N–H and O–H groups in total. The Hall–Kier alpha value is -1.78. The monoisotopic (exact) mass is 329 g/mol. The zero-order valence-electron chi connectivity index (χ0n) is 12.3. The van der Waals surface area contributed by atoms with Gasteiger partial charge in [0.25, 0.3) is 0 Å². The summed E-state index contributed by atoms with van der Waals surface area (Å²) in [5.41, 5.74) is 0.0233. The third-order valence-corrected chi connectivity index (χ3v) is 3.64. The number of nitrogens with zero attached hydrogens (tertiary/aromatic N) is 3. The predicted octanol–water partition coefficient (Wildman–Crippen LogP) is 0.169. The van der Waals surface area contributed by atoms with Crippen LogP contribution in [0.25, 0.3) is 0 Å². The topological polar surface area (TPSA) is 106 Å². The molecule has 1 aromatic rings. The molecule has 0 saturated carbocycles. The van der Waals surface area contributed by atoms with Gasteiger partial charge in [0.2, 0.25) is 5.69 Å². The van der Waals surface area contributed by atoms with E-state index in [1.807, 2.05) is 0 Å². The first kappa shape index (κ1) is 16.6. The molecule has 1 saturated heterocycles. The Morgan fingerprint density at radius 3 is 2.91 bits per heavy atom. The van der Waals surface area contributed by atoms with E-state index in [0.29, 0.717) is 6.54 Å². The summed E-state index contributed by atoms with van der Waals surface area (Å²) < 4.78 is 13.8. The first-order chi connectivity index (χ1) is 10.7. The number of carbonyl (C=O) groups excluding carboxylic acids is 2. The van der Waals surface area contributed by atoms with Crippen LogP contribution in [-0.4, -0.2) is 72.5 Å². The van der Waals surface area contributed by atoms with Gasteiger partial charge in [-0.1, -0.05) is 4.49 Å². The van der Waals surface area contributed by atoms with Gasteiger partial charge in [-0.15, -0.1) is 5.10 Å². The molecule has 1 aliphatic rings. The van der Waals surface area contributed by atoms with Crippen LogP contribution in [0.5, 0.6) is 0 Å². The SMILES string of the molecule is CCOC(=O)c1nnsc1NC(=O)NCCN1CCOCC1. The first-order valence-electron chi connectivity index (χ1n) is 7.05. The molecule has 1 aromatic heterocycles. The van der Waals surface area contributed by atoms with Crippen molar-refractivity contribution in [1.29, 1.82) is 0 Å². The molecule has 122 valence electrons. The Bertz CT molecular complexity index is 503. The van der Waals surface area contributed by atoms with Gasteiger partial charge in [-0.2, -0.15) is 0 Å². The van der Waals surface area contributed by atoms with Gasteiger partial charge in [0.15, 0.2) is 5.00 Å². The third kappa shape index (κ3) is 4.90. The molecule has 2 heterocycles. The lowest BCUT2D eigenvalue weighted by molar-refractivity contribution is 0.0388. The fraction of sp³-hybridized carbons (Fsp3) is 0.667. The van der Waals surface area contributed by atoms with Crippen LogP contribution in [0.15, 0.2) is 0 Å². The zero-order valence-corrected chi connectivity index (χ0v) is 13.1. The van der Waals surface area contributed by atoms with Crippen molar-refractivity contribution in [3.05, 3.63) is 5.69 Å². The Balaban J connectivity index is 1.75. The van der Waals surface area contributed by atoms with Crippen molar-refractivity contribution >= 4 is 28.5 Å². The van der Waals surface area contributed by atoms with Crippen LogP contribution >= 0.6 is 11.5 Å². The van der Waals surface area contributed by atoms with E-state index in [0.717, 1.165) is 44.4 Å². The van der Waals surface area contributed by atoms with Crippen molar-refractivity contribution in [1.82, 2.24) is 19.8 Å². The Kier molecular flexibility index (Phi) is 6.49. The average molecular weight is 329 g/mol. The van der Waals surface area contributed by atoms with Crippen LogP contribution in [0.4, 0.5) is 9.80 Å². The summed E-state index contributed by atoms with van der Waals surface area (Å²) in [5, 5.41) is 9.25. The van der Waals surface area contributed by atoms with Gasteiger partial charge in [0.05, 0.1) is 19.8 Å². The van der Waals surface area contributed by atoms with Crippen molar-refractivity contribution in [2.45, 2.75) is 6.92 Å². The van der Waals surface area contributed by atoms with E-state index in [1.165, 1.54) is 0 Å². The highest BCUT2D eigenvalue weighted by Gasteiger charge is 2.19. The fourth-order valence-corrected chi connectivity index (χ4v) is 2.46. The molecule has 0 aromatic carbocycles. The van der Waals surface area contributed by atoms with E-state index in [9.17, 15) is 9.59 Å². The number of esters is 1. The number of rotatable bonds is 6.